The summed E-state index contributed by atoms with van der Waals surface area (Å²) in [5.74, 6) is 0. The van der Waals surface area contributed by atoms with Gasteiger partial charge in [0.15, 0.2) is 0 Å². The highest BCUT2D eigenvalue weighted by Gasteiger charge is 2.46. The van der Waals surface area contributed by atoms with Crippen molar-refractivity contribution in [2.75, 3.05) is 0 Å². The Kier molecular flexibility index (Phi) is 1.10. The number of ether oxygens (including phenoxy) is 1. The summed E-state index contributed by atoms with van der Waals surface area (Å²) in [6, 6.07) is 0. The molecule has 0 unspecified atom stereocenters. The van der Waals surface area contributed by atoms with E-state index in [0.29, 0.717) is 11.7 Å². The summed E-state index contributed by atoms with van der Waals surface area (Å²) >= 11 is 0. The molecular weight excluding hydrogens is 112 g/mol. The maximum absolute atomic E-state index is 5.78. The summed E-state index contributed by atoms with van der Waals surface area (Å²) in [7, 11) is 0. The summed E-state index contributed by atoms with van der Waals surface area (Å²) in [6.07, 6.45) is 7.20. The number of hydrogen-bond acceptors (Lipinski definition) is 1. The molecule has 0 radical (unpaired) electrons. The molecule has 1 heterocycles. The van der Waals surface area contributed by atoms with Gasteiger partial charge in [-0.1, -0.05) is 0 Å². The van der Waals surface area contributed by atoms with Crippen LogP contribution in [0.25, 0.3) is 0 Å². The van der Waals surface area contributed by atoms with Crippen molar-refractivity contribution in [3.8, 4) is 0 Å². The third kappa shape index (κ3) is 0.983. The summed E-state index contributed by atoms with van der Waals surface area (Å²) in [4.78, 5) is 0. The highest BCUT2D eigenvalue weighted by molar-refractivity contribution is 4.98. The van der Waals surface area contributed by atoms with Crippen LogP contribution in [0.2, 0.25) is 0 Å². The van der Waals surface area contributed by atoms with Crippen LogP contribution >= 0.6 is 0 Å². The molecule has 9 heavy (non-hydrogen) atoms. The molecule has 1 saturated heterocycles. The van der Waals surface area contributed by atoms with E-state index in [1.165, 1.54) is 32.1 Å². The first-order valence-electron chi connectivity index (χ1n) is 3.99. The average Bonchev–Trinajstić information content (AvgIpc) is 2.49. The lowest BCUT2D eigenvalue weighted by molar-refractivity contribution is -0.0575. The maximum Gasteiger partial charge on any atom is 0.0688 e. The van der Waals surface area contributed by atoms with Gasteiger partial charge in [-0.25, -0.2) is 0 Å². The topological polar surface area (TPSA) is 9.23 Å². The molecule has 1 atom stereocenters. The molecule has 1 aliphatic heterocycles. The second kappa shape index (κ2) is 1.72. The van der Waals surface area contributed by atoms with Gasteiger partial charge in [-0.05, 0) is 39.0 Å². The van der Waals surface area contributed by atoms with E-state index in [-0.39, 0.29) is 0 Å². The van der Waals surface area contributed by atoms with E-state index in [1.807, 2.05) is 0 Å². The van der Waals surface area contributed by atoms with Crippen LogP contribution in [0.4, 0.5) is 0 Å². The van der Waals surface area contributed by atoms with Crippen LogP contribution in [0.5, 0.6) is 0 Å². The van der Waals surface area contributed by atoms with Crippen molar-refractivity contribution in [3.05, 3.63) is 0 Å². The smallest absolute Gasteiger partial charge is 0.0688 e. The molecule has 0 aromatic carbocycles. The average molecular weight is 126 g/mol. The molecule has 1 spiro atoms. The van der Waals surface area contributed by atoms with Gasteiger partial charge in [0.05, 0.1) is 11.7 Å². The standard InChI is InChI=1S/C8H14O/c1-7-3-2-4-8(9-7)5-6-8/h7H,2-6H2,1H3/t7-/m0/s1. The Morgan fingerprint density at radius 1 is 1.33 bits per heavy atom. The first-order valence-corrected chi connectivity index (χ1v) is 3.99. The lowest BCUT2D eigenvalue weighted by Crippen LogP contribution is -2.26. The van der Waals surface area contributed by atoms with Crippen LogP contribution in [0.3, 0.4) is 0 Å². The zero-order valence-corrected chi connectivity index (χ0v) is 6.02. The van der Waals surface area contributed by atoms with Crippen molar-refractivity contribution in [2.24, 2.45) is 0 Å². The molecule has 1 saturated carbocycles. The molecule has 0 amide bonds. The predicted molar refractivity (Wildman–Crippen MR) is 36.4 cm³/mol. The minimum absolute atomic E-state index is 0.400. The molecule has 2 fully saturated rings. The highest BCUT2D eigenvalue weighted by atomic mass is 16.5. The fraction of sp³-hybridized carbons (Fsp3) is 1.00. The Hall–Kier alpha value is -0.0400. The van der Waals surface area contributed by atoms with Gasteiger partial charge in [0.2, 0.25) is 0 Å². The van der Waals surface area contributed by atoms with E-state index < -0.39 is 0 Å². The minimum atomic E-state index is 0.400. The molecule has 52 valence electrons. The summed E-state index contributed by atoms with van der Waals surface area (Å²) < 4.78 is 5.78. The monoisotopic (exact) mass is 126 g/mol. The van der Waals surface area contributed by atoms with E-state index in [4.69, 9.17) is 4.74 Å². The van der Waals surface area contributed by atoms with Gasteiger partial charge in [0, 0.05) is 0 Å². The molecule has 0 bridgehead atoms. The van der Waals surface area contributed by atoms with Crippen LogP contribution in [0.15, 0.2) is 0 Å². The van der Waals surface area contributed by atoms with Gasteiger partial charge < -0.3 is 4.74 Å². The molecule has 2 rings (SSSR count). The van der Waals surface area contributed by atoms with E-state index in [0.717, 1.165) is 0 Å². The van der Waals surface area contributed by atoms with Crippen molar-refractivity contribution in [1.29, 1.82) is 0 Å². The Bertz CT molecular complexity index is 116. The summed E-state index contributed by atoms with van der Waals surface area (Å²) in [6.45, 7) is 2.19. The Morgan fingerprint density at radius 2 is 2.11 bits per heavy atom. The molecule has 1 nitrogen and oxygen atoms in total. The highest BCUT2D eigenvalue weighted by Crippen LogP contribution is 2.47. The third-order valence-electron chi connectivity index (χ3n) is 2.50. The largest absolute Gasteiger partial charge is 0.372 e. The second-order valence-electron chi connectivity index (χ2n) is 3.50. The zero-order valence-electron chi connectivity index (χ0n) is 6.02. The van der Waals surface area contributed by atoms with E-state index >= 15 is 0 Å². The molecule has 0 N–H and O–H groups in total. The fourth-order valence-corrected chi connectivity index (χ4v) is 1.76. The van der Waals surface area contributed by atoms with Gasteiger partial charge in [0.25, 0.3) is 0 Å². The Labute approximate surface area is 56.4 Å². The van der Waals surface area contributed by atoms with Crippen molar-refractivity contribution in [2.45, 2.75) is 50.7 Å². The SMILES string of the molecule is C[C@H]1CCCC2(CC2)O1. The predicted octanol–water partition coefficient (Wildman–Crippen LogP) is 2.11. The molecule has 1 heteroatoms. The zero-order chi connectivity index (χ0) is 6.32. The van der Waals surface area contributed by atoms with Crippen LogP contribution in [0.1, 0.15) is 39.0 Å². The van der Waals surface area contributed by atoms with Crippen molar-refractivity contribution in [3.63, 3.8) is 0 Å². The molecule has 1 aliphatic carbocycles. The van der Waals surface area contributed by atoms with Gasteiger partial charge in [-0.15, -0.1) is 0 Å². The van der Waals surface area contributed by atoms with Crippen LogP contribution < -0.4 is 0 Å². The Balaban J connectivity index is 1.96. The molecule has 0 aromatic heterocycles. The van der Waals surface area contributed by atoms with Crippen LogP contribution in [-0.4, -0.2) is 11.7 Å². The van der Waals surface area contributed by atoms with E-state index in [2.05, 4.69) is 6.92 Å². The lowest BCUT2D eigenvalue weighted by Gasteiger charge is -2.27. The van der Waals surface area contributed by atoms with E-state index in [9.17, 15) is 0 Å². The summed E-state index contributed by atoms with van der Waals surface area (Å²) in [5.41, 5.74) is 0.400. The first kappa shape index (κ1) is 5.72. The second-order valence-corrected chi connectivity index (χ2v) is 3.50. The molecule has 2 aliphatic rings. The normalized spacial score (nSPS) is 39.0. The van der Waals surface area contributed by atoms with Gasteiger partial charge in [-0.2, -0.15) is 0 Å². The first-order chi connectivity index (χ1) is 4.31. The third-order valence-corrected chi connectivity index (χ3v) is 2.50. The van der Waals surface area contributed by atoms with E-state index in [1.54, 1.807) is 0 Å². The minimum Gasteiger partial charge on any atom is -0.372 e. The quantitative estimate of drug-likeness (QED) is 0.483. The van der Waals surface area contributed by atoms with Crippen molar-refractivity contribution < 1.29 is 4.74 Å². The fourth-order valence-electron chi connectivity index (χ4n) is 1.76. The molecule has 0 aromatic rings. The van der Waals surface area contributed by atoms with Gasteiger partial charge in [-0.3, -0.25) is 0 Å². The lowest BCUT2D eigenvalue weighted by atomic mass is 10.0. The van der Waals surface area contributed by atoms with Crippen LogP contribution in [0, 0.1) is 0 Å². The summed E-state index contributed by atoms with van der Waals surface area (Å²) in [5, 5.41) is 0. The number of rotatable bonds is 0. The van der Waals surface area contributed by atoms with Crippen LogP contribution in [-0.2, 0) is 4.74 Å². The number of hydrogen-bond donors (Lipinski definition) is 0. The maximum atomic E-state index is 5.78. The van der Waals surface area contributed by atoms with Gasteiger partial charge >= 0.3 is 0 Å². The van der Waals surface area contributed by atoms with Crippen molar-refractivity contribution in [1.82, 2.24) is 0 Å². The van der Waals surface area contributed by atoms with Crippen molar-refractivity contribution >= 4 is 0 Å². The molecular formula is C8H14O. The Morgan fingerprint density at radius 3 is 2.56 bits per heavy atom. The van der Waals surface area contributed by atoms with Gasteiger partial charge in [0.1, 0.15) is 0 Å².